The van der Waals surface area contributed by atoms with Gasteiger partial charge in [0.2, 0.25) is 0 Å². The Kier molecular flexibility index (Phi) is 10.7. The molecule has 50 heavy (non-hydrogen) atoms. The van der Waals surface area contributed by atoms with Gasteiger partial charge in [0.05, 0.1) is 5.58 Å². The Morgan fingerprint density at radius 3 is 2.28 bits per heavy atom. The van der Waals surface area contributed by atoms with Gasteiger partial charge in [-0.2, -0.15) is 0 Å². The zero-order chi connectivity index (χ0) is 33.9. The number of hydrogen-bond donors (Lipinski definition) is 0. The van der Waals surface area contributed by atoms with Crippen LogP contribution in [0.1, 0.15) is 47.2 Å². The van der Waals surface area contributed by atoms with Crippen LogP contribution in [0.15, 0.2) is 126 Å². The average Bonchev–Trinajstić information content (AvgIpc) is 3.51. The summed E-state index contributed by atoms with van der Waals surface area (Å²) in [6, 6.07) is 44.7. The first kappa shape index (κ1) is 35.0. The van der Waals surface area contributed by atoms with Crippen LogP contribution in [0.4, 0.5) is 0 Å². The van der Waals surface area contributed by atoms with Crippen LogP contribution in [0.25, 0.3) is 55.2 Å². The molecule has 3 nitrogen and oxygen atoms in total. The van der Waals surface area contributed by atoms with E-state index >= 15 is 0 Å². The average molecular weight is 829 g/mol. The number of para-hydroxylation sites is 1. The number of aryl methyl sites for hydroxylation is 3. The molecule has 0 aliphatic carbocycles. The summed E-state index contributed by atoms with van der Waals surface area (Å²) in [7, 11) is 0. The second kappa shape index (κ2) is 15.3. The normalized spacial score (nSPS) is 11.1. The molecule has 0 amide bonds. The van der Waals surface area contributed by atoms with Gasteiger partial charge in [-0.1, -0.05) is 117 Å². The molecule has 0 unspecified atom stereocenters. The number of pyridine rings is 2. The SMILES string of the molecule is Cc1c[c-]c(-c2cc(CC(C)C)c(C)cn2)cc1.Cc1c[c-]c(-c2cc(Cc3cccc4ccccc34)ccn2)c2oc3ccccc3c12.[Ir]. The zero-order valence-corrected chi connectivity index (χ0v) is 31.6. The third-order valence-electron chi connectivity index (χ3n) is 9.09. The van der Waals surface area contributed by atoms with E-state index in [2.05, 4.69) is 142 Å². The maximum absolute atomic E-state index is 6.26. The van der Waals surface area contributed by atoms with E-state index in [9.17, 15) is 0 Å². The third kappa shape index (κ3) is 7.48. The summed E-state index contributed by atoms with van der Waals surface area (Å²) in [5.41, 5.74) is 13.3. The zero-order valence-electron chi connectivity index (χ0n) is 29.2. The van der Waals surface area contributed by atoms with Gasteiger partial charge in [-0.3, -0.25) is 0 Å². The van der Waals surface area contributed by atoms with Crippen LogP contribution in [0.5, 0.6) is 0 Å². The van der Waals surface area contributed by atoms with Gasteiger partial charge >= 0.3 is 0 Å². The molecule has 8 rings (SSSR count). The predicted molar refractivity (Wildman–Crippen MR) is 204 cm³/mol. The van der Waals surface area contributed by atoms with Crippen molar-refractivity contribution in [1.29, 1.82) is 0 Å². The molecule has 5 aromatic carbocycles. The van der Waals surface area contributed by atoms with Crippen molar-refractivity contribution in [1.82, 2.24) is 9.97 Å². The van der Waals surface area contributed by atoms with Gasteiger partial charge in [0.1, 0.15) is 5.58 Å². The maximum atomic E-state index is 6.26. The van der Waals surface area contributed by atoms with Crippen LogP contribution < -0.4 is 0 Å². The Morgan fingerprint density at radius 2 is 1.48 bits per heavy atom. The Labute approximate surface area is 308 Å². The van der Waals surface area contributed by atoms with E-state index < -0.39 is 0 Å². The first-order chi connectivity index (χ1) is 23.8. The van der Waals surface area contributed by atoms with Crippen LogP contribution in [-0.4, -0.2) is 9.97 Å². The number of hydrogen-bond acceptors (Lipinski definition) is 3. The van der Waals surface area contributed by atoms with E-state index in [1.165, 1.54) is 38.6 Å². The van der Waals surface area contributed by atoms with Crippen molar-refractivity contribution in [2.45, 2.75) is 47.5 Å². The van der Waals surface area contributed by atoms with Crippen molar-refractivity contribution in [3.8, 4) is 22.5 Å². The van der Waals surface area contributed by atoms with Gasteiger partial charge in [0.15, 0.2) is 0 Å². The quantitative estimate of drug-likeness (QED) is 0.157. The van der Waals surface area contributed by atoms with Crippen LogP contribution in [0.3, 0.4) is 0 Å². The van der Waals surface area contributed by atoms with Crippen LogP contribution in [-0.2, 0) is 32.9 Å². The van der Waals surface area contributed by atoms with Gasteiger partial charge in [0, 0.05) is 37.9 Å². The molecular weight excluding hydrogens is 789 g/mol. The van der Waals surface area contributed by atoms with Crippen molar-refractivity contribution in [3.63, 3.8) is 0 Å². The minimum Gasteiger partial charge on any atom is -0.501 e. The van der Waals surface area contributed by atoms with Crippen molar-refractivity contribution in [3.05, 3.63) is 167 Å². The molecule has 0 bridgehead atoms. The number of fused-ring (bicyclic) bond motifs is 4. The smallest absolute Gasteiger partial charge is 0.120 e. The van der Waals surface area contributed by atoms with E-state index in [1.54, 1.807) is 0 Å². The molecule has 251 valence electrons. The summed E-state index contributed by atoms with van der Waals surface area (Å²) in [5, 5.41) is 4.85. The Morgan fingerprint density at radius 1 is 0.700 bits per heavy atom. The Hall–Kier alpha value is -4.89. The van der Waals surface area contributed by atoms with Gasteiger partial charge in [-0.25, -0.2) is 0 Å². The molecule has 0 atom stereocenters. The molecule has 0 aliphatic heterocycles. The molecule has 0 fully saturated rings. The van der Waals surface area contributed by atoms with Gasteiger partial charge in [0.25, 0.3) is 0 Å². The monoisotopic (exact) mass is 829 g/mol. The maximum Gasteiger partial charge on any atom is 0.120 e. The molecule has 0 saturated carbocycles. The fourth-order valence-electron chi connectivity index (χ4n) is 6.54. The second-order valence-electron chi connectivity index (χ2n) is 13.4. The van der Waals surface area contributed by atoms with E-state index in [1.807, 2.05) is 36.7 Å². The number of rotatable bonds is 6. The topological polar surface area (TPSA) is 38.9 Å². The minimum atomic E-state index is 0. The molecule has 3 aromatic heterocycles. The first-order valence-electron chi connectivity index (χ1n) is 17.0. The molecule has 4 heteroatoms. The Balaban J connectivity index is 0.000000196. The summed E-state index contributed by atoms with van der Waals surface area (Å²) in [6.07, 6.45) is 5.82. The van der Waals surface area contributed by atoms with E-state index in [0.717, 1.165) is 62.9 Å². The number of benzene rings is 5. The molecular formula is C46H40IrN2O-2. The summed E-state index contributed by atoms with van der Waals surface area (Å²) >= 11 is 0. The van der Waals surface area contributed by atoms with E-state index in [0.29, 0.717) is 5.92 Å². The molecule has 1 radical (unpaired) electrons. The summed E-state index contributed by atoms with van der Waals surface area (Å²) in [4.78, 5) is 9.19. The van der Waals surface area contributed by atoms with Crippen molar-refractivity contribution < 1.29 is 24.5 Å². The van der Waals surface area contributed by atoms with E-state index in [-0.39, 0.29) is 20.1 Å². The van der Waals surface area contributed by atoms with Crippen LogP contribution in [0.2, 0.25) is 0 Å². The first-order valence-corrected chi connectivity index (χ1v) is 17.0. The van der Waals surface area contributed by atoms with E-state index in [4.69, 9.17) is 4.42 Å². The predicted octanol–water partition coefficient (Wildman–Crippen LogP) is 11.9. The summed E-state index contributed by atoms with van der Waals surface area (Å²) < 4.78 is 6.26. The molecule has 0 aliphatic rings. The number of aromatic nitrogens is 2. The van der Waals surface area contributed by atoms with Gasteiger partial charge in [-0.05, 0) is 76.7 Å². The summed E-state index contributed by atoms with van der Waals surface area (Å²) in [6.45, 7) is 10.8. The Bertz CT molecular complexity index is 2400. The molecule has 8 aromatic rings. The molecule has 3 heterocycles. The number of nitrogens with zero attached hydrogens (tertiary/aromatic N) is 2. The molecule has 0 spiro atoms. The van der Waals surface area contributed by atoms with Gasteiger partial charge < -0.3 is 14.4 Å². The number of furan rings is 1. The van der Waals surface area contributed by atoms with Crippen molar-refractivity contribution in [2.24, 2.45) is 5.92 Å². The third-order valence-corrected chi connectivity index (χ3v) is 9.09. The summed E-state index contributed by atoms with van der Waals surface area (Å²) in [5.74, 6) is 0.668. The van der Waals surface area contributed by atoms with Crippen molar-refractivity contribution >= 4 is 32.7 Å². The second-order valence-corrected chi connectivity index (χ2v) is 13.4. The van der Waals surface area contributed by atoms with Crippen molar-refractivity contribution in [2.75, 3.05) is 0 Å². The largest absolute Gasteiger partial charge is 0.501 e. The molecule has 0 N–H and O–H groups in total. The fourth-order valence-corrected chi connectivity index (χ4v) is 6.54. The van der Waals surface area contributed by atoms with Crippen LogP contribution >= 0.6 is 0 Å². The standard InChI is InChI=1S/C29H20NO.C17H20N.Ir/c1-19-13-14-24(29-28(19)25-11-4-5-12-27(25)31-29)26-18-20(15-16-30-26)17-22-9-6-8-21-7-2-3-10-23(21)22;1-12(2)9-16-10-17(18-11-14(16)4)15-7-5-13(3)6-8-15;/h2-13,15-16,18H,17H2,1H3;5-7,10-12H,9H2,1-4H3;/q2*-1;. The van der Waals surface area contributed by atoms with Gasteiger partial charge in [-0.15, -0.1) is 53.1 Å². The fraction of sp³-hybridized carbons (Fsp3) is 0.174. The molecule has 0 saturated heterocycles. The van der Waals surface area contributed by atoms with Crippen LogP contribution in [0, 0.1) is 38.8 Å². The minimum absolute atomic E-state index is 0.